The smallest absolute Gasteiger partial charge is 0.251 e. The molecule has 0 fully saturated rings. The summed E-state index contributed by atoms with van der Waals surface area (Å²) in [7, 11) is 0. The number of rotatable bonds is 7. The van der Waals surface area contributed by atoms with Gasteiger partial charge < -0.3 is 15.1 Å². The second-order valence-corrected chi connectivity index (χ2v) is 5.63. The number of carbonyl (C=O) groups excluding carboxylic acids is 1. The van der Waals surface area contributed by atoms with Crippen LogP contribution in [0, 0.1) is 0 Å². The van der Waals surface area contributed by atoms with Gasteiger partial charge in [-0.05, 0) is 31.2 Å². The van der Waals surface area contributed by atoms with Crippen LogP contribution in [0.1, 0.15) is 6.92 Å². The predicted octanol–water partition coefficient (Wildman–Crippen LogP) is 1.63. The van der Waals surface area contributed by atoms with E-state index in [2.05, 4.69) is 0 Å². The number of thioether (sulfide) groups is 1. The molecular formula is C13H18ClNO3S. The topological polar surface area (TPSA) is 60.8 Å². The third-order valence-corrected chi connectivity index (χ3v) is 3.73. The van der Waals surface area contributed by atoms with Gasteiger partial charge in [-0.1, -0.05) is 11.6 Å². The normalized spacial score (nSPS) is 12.2. The summed E-state index contributed by atoms with van der Waals surface area (Å²) in [6.07, 6.45) is -1.04. The molecule has 0 aliphatic rings. The fraction of sp³-hybridized carbons (Fsp3) is 0.462. The molecule has 0 saturated carbocycles. The van der Waals surface area contributed by atoms with Gasteiger partial charge in [-0.3, -0.25) is 4.79 Å². The van der Waals surface area contributed by atoms with Crippen LogP contribution in [0.5, 0.6) is 0 Å². The van der Waals surface area contributed by atoms with E-state index in [1.54, 1.807) is 11.8 Å². The standard InChI is InChI=1S/C13H18ClNO3S/c1-10(17)13(18)15(6-8-16)7-9-19-12-4-2-11(14)3-5-12/h2-5,10,16-17H,6-9H2,1H3/t10-/m0/s1. The van der Waals surface area contributed by atoms with Gasteiger partial charge in [0, 0.05) is 28.8 Å². The Kier molecular flexibility index (Phi) is 7.23. The molecule has 1 atom stereocenters. The Morgan fingerprint density at radius 2 is 2.00 bits per heavy atom. The number of hydrogen-bond acceptors (Lipinski definition) is 4. The summed E-state index contributed by atoms with van der Waals surface area (Å²) in [5.41, 5.74) is 0. The number of carbonyl (C=O) groups is 1. The van der Waals surface area contributed by atoms with Crippen LogP contribution in [0.15, 0.2) is 29.2 Å². The Hall–Kier alpha value is -0.750. The van der Waals surface area contributed by atoms with Crippen molar-refractivity contribution in [3.8, 4) is 0 Å². The summed E-state index contributed by atoms with van der Waals surface area (Å²) < 4.78 is 0. The van der Waals surface area contributed by atoms with E-state index in [9.17, 15) is 9.90 Å². The number of nitrogens with zero attached hydrogens (tertiary/aromatic N) is 1. The lowest BCUT2D eigenvalue weighted by Crippen LogP contribution is -2.40. The number of aliphatic hydroxyl groups is 2. The first-order valence-electron chi connectivity index (χ1n) is 6.00. The van der Waals surface area contributed by atoms with E-state index in [0.29, 0.717) is 17.3 Å². The van der Waals surface area contributed by atoms with Crippen LogP contribution in [0.25, 0.3) is 0 Å². The van der Waals surface area contributed by atoms with Crippen LogP contribution in [0.2, 0.25) is 5.02 Å². The number of aliphatic hydroxyl groups excluding tert-OH is 2. The van der Waals surface area contributed by atoms with E-state index in [-0.39, 0.29) is 19.1 Å². The lowest BCUT2D eigenvalue weighted by atomic mass is 10.3. The molecule has 0 unspecified atom stereocenters. The molecule has 0 spiro atoms. The molecule has 4 nitrogen and oxygen atoms in total. The molecule has 1 aromatic rings. The molecular weight excluding hydrogens is 286 g/mol. The van der Waals surface area contributed by atoms with Crippen molar-refractivity contribution < 1.29 is 15.0 Å². The van der Waals surface area contributed by atoms with Gasteiger partial charge in [-0.25, -0.2) is 0 Å². The number of amides is 1. The Morgan fingerprint density at radius 1 is 1.37 bits per heavy atom. The predicted molar refractivity (Wildman–Crippen MR) is 77.5 cm³/mol. The van der Waals surface area contributed by atoms with E-state index in [1.165, 1.54) is 11.8 Å². The van der Waals surface area contributed by atoms with E-state index in [4.69, 9.17) is 16.7 Å². The van der Waals surface area contributed by atoms with Crippen molar-refractivity contribution in [1.29, 1.82) is 0 Å². The molecule has 6 heteroatoms. The first-order chi connectivity index (χ1) is 9.04. The quantitative estimate of drug-likeness (QED) is 0.752. The van der Waals surface area contributed by atoms with Crippen LogP contribution in [-0.2, 0) is 4.79 Å². The molecule has 1 amide bonds. The largest absolute Gasteiger partial charge is 0.395 e. The van der Waals surface area contributed by atoms with Crippen molar-refractivity contribution in [3.05, 3.63) is 29.3 Å². The Labute approximate surface area is 122 Å². The number of benzene rings is 1. The molecule has 0 bridgehead atoms. The highest BCUT2D eigenvalue weighted by Gasteiger charge is 2.17. The molecule has 1 aromatic carbocycles. The molecule has 0 radical (unpaired) electrons. The monoisotopic (exact) mass is 303 g/mol. The first-order valence-corrected chi connectivity index (χ1v) is 7.37. The molecule has 0 aromatic heterocycles. The minimum atomic E-state index is -1.04. The highest BCUT2D eigenvalue weighted by molar-refractivity contribution is 7.99. The lowest BCUT2D eigenvalue weighted by Gasteiger charge is -2.22. The molecule has 0 heterocycles. The van der Waals surface area contributed by atoms with Crippen LogP contribution >= 0.6 is 23.4 Å². The van der Waals surface area contributed by atoms with Crippen molar-refractivity contribution in [2.24, 2.45) is 0 Å². The average molecular weight is 304 g/mol. The summed E-state index contributed by atoms with van der Waals surface area (Å²) in [6.45, 7) is 2.05. The molecule has 0 aliphatic heterocycles. The Balaban J connectivity index is 2.43. The maximum Gasteiger partial charge on any atom is 0.251 e. The fourth-order valence-electron chi connectivity index (χ4n) is 1.52. The lowest BCUT2D eigenvalue weighted by molar-refractivity contribution is -0.139. The van der Waals surface area contributed by atoms with Gasteiger partial charge in [-0.15, -0.1) is 11.8 Å². The van der Waals surface area contributed by atoms with E-state index >= 15 is 0 Å². The summed E-state index contributed by atoms with van der Waals surface area (Å²) in [6, 6.07) is 7.46. The van der Waals surface area contributed by atoms with Crippen molar-refractivity contribution in [2.45, 2.75) is 17.9 Å². The van der Waals surface area contributed by atoms with Crippen LogP contribution in [0.3, 0.4) is 0 Å². The van der Waals surface area contributed by atoms with E-state index in [1.807, 2.05) is 24.3 Å². The number of hydrogen-bond donors (Lipinski definition) is 2. The zero-order chi connectivity index (χ0) is 14.3. The third-order valence-electron chi connectivity index (χ3n) is 2.48. The molecule has 106 valence electrons. The zero-order valence-corrected chi connectivity index (χ0v) is 12.3. The molecule has 0 saturated heterocycles. The van der Waals surface area contributed by atoms with E-state index in [0.717, 1.165) is 4.90 Å². The zero-order valence-electron chi connectivity index (χ0n) is 10.8. The SMILES string of the molecule is C[C@H](O)C(=O)N(CCO)CCSc1ccc(Cl)cc1. The highest BCUT2D eigenvalue weighted by atomic mass is 35.5. The second kappa shape index (κ2) is 8.43. The molecule has 19 heavy (non-hydrogen) atoms. The van der Waals surface area contributed by atoms with Gasteiger partial charge >= 0.3 is 0 Å². The van der Waals surface area contributed by atoms with Crippen LogP contribution in [0.4, 0.5) is 0 Å². The Morgan fingerprint density at radius 3 is 2.53 bits per heavy atom. The van der Waals surface area contributed by atoms with E-state index < -0.39 is 6.10 Å². The van der Waals surface area contributed by atoms with Gasteiger partial charge in [0.1, 0.15) is 6.10 Å². The summed E-state index contributed by atoms with van der Waals surface area (Å²) in [5.74, 6) is 0.339. The maximum absolute atomic E-state index is 11.7. The van der Waals surface area contributed by atoms with Gasteiger partial charge in [0.15, 0.2) is 0 Å². The maximum atomic E-state index is 11.7. The van der Waals surface area contributed by atoms with Gasteiger partial charge in [0.05, 0.1) is 6.61 Å². The van der Waals surface area contributed by atoms with Crippen LogP contribution < -0.4 is 0 Å². The minimum absolute atomic E-state index is 0.107. The van der Waals surface area contributed by atoms with Gasteiger partial charge in [0.25, 0.3) is 5.91 Å². The first kappa shape index (κ1) is 16.3. The summed E-state index contributed by atoms with van der Waals surface area (Å²) in [5, 5.41) is 18.9. The molecule has 2 N–H and O–H groups in total. The van der Waals surface area contributed by atoms with Gasteiger partial charge in [-0.2, -0.15) is 0 Å². The van der Waals surface area contributed by atoms with Crippen LogP contribution in [-0.4, -0.2) is 52.6 Å². The van der Waals surface area contributed by atoms with Crippen molar-refractivity contribution in [3.63, 3.8) is 0 Å². The van der Waals surface area contributed by atoms with Gasteiger partial charge in [0.2, 0.25) is 0 Å². The van der Waals surface area contributed by atoms with Crippen molar-refractivity contribution in [2.75, 3.05) is 25.4 Å². The summed E-state index contributed by atoms with van der Waals surface area (Å²) in [4.78, 5) is 14.2. The highest BCUT2D eigenvalue weighted by Crippen LogP contribution is 2.20. The van der Waals surface area contributed by atoms with Crippen molar-refractivity contribution >= 4 is 29.3 Å². The third kappa shape index (κ3) is 5.82. The average Bonchev–Trinajstić information content (AvgIpc) is 2.39. The Bertz CT molecular complexity index is 397. The minimum Gasteiger partial charge on any atom is -0.395 e. The second-order valence-electron chi connectivity index (χ2n) is 4.03. The summed E-state index contributed by atoms with van der Waals surface area (Å²) >= 11 is 7.39. The fourth-order valence-corrected chi connectivity index (χ4v) is 2.52. The number of halogens is 1. The molecule has 0 aliphatic carbocycles. The molecule has 1 rings (SSSR count). The van der Waals surface area contributed by atoms with Crippen molar-refractivity contribution in [1.82, 2.24) is 4.90 Å².